The van der Waals surface area contributed by atoms with Crippen LogP contribution < -0.4 is 14.8 Å². The van der Waals surface area contributed by atoms with Crippen LogP contribution in [0.15, 0.2) is 24.3 Å². The normalized spacial score (nSPS) is 12.7. The maximum Gasteiger partial charge on any atom is 0.248 e. The van der Waals surface area contributed by atoms with Crippen molar-refractivity contribution < 1.29 is 22.7 Å². The summed E-state index contributed by atoms with van der Waals surface area (Å²) in [6.45, 7) is 2.65. The summed E-state index contributed by atoms with van der Waals surface area (Å²) < 4.78 is 34.8. The summed E-state index contributed by atoms with van der Waals surface area (Å²) in [5.41, 5.74) is 0.918. The van der Waals surface area contributed by atoms with Crippen LogP contribution in [0.2, 0.25) is 0 Å². The second-order valence-corrected chi connectivity index (χ2v) is 6.95. The van der Waals surface area contributed by atoms with Crippen molar-refractivity contribution in [3.05, 3.63) is 29.8 Å². The number of amides is 1. The average molecular weight is 344 g/mol. The Labute approximate surface area is 137 Å². The summed E-state index contributed by atoms with van der Waals surface area (Å²) in [7, 11) is -1.59. The maximum atomic E-state index is 11.8. The Morgan fingerprint density at radius 3 is 2.70 bits per heavy atom. The summed E-state index contributed by atoms with van der Waals surface area (Å²) in [6, 6.07) is 7.44. The Morgan fingerprint density at radius 2 is 2.04 bits per heavy atom. The second-order valence-electron chi connectivity index (χ2n) is 5.12. The number of methoxy groups -OCH3 is 1. The van der Waals surface area contributed by atoms with Crippen molar-refractivity contribution in [3.63, 3.8) is 0 Å². The molecule has 1 rings (SSSR count). The molecule has 2 N–H and O–H groups in total. The second kappa shape index (κ2) is 9.49. The first kappa shape index (κ1) is 19.4. The maximum absolute atomic E-state index is 11.8. The van der Waals surface area contributed by atoms with E-state index in [1.54, 1.807) is 14.0 Å². The molecule has 1 aromatic carbocycles. The lowest BCUT2D eigenvalue weighted by Gasteiger charge is -2.14. The fourth-order valence-corrected chi connectivity index (χ4v) is 2.28. The molecule has 0 aliphatic carbocycles. The lowest BCUT2D eigenvalue weighted by molar-refractivity contribution is -0.132. The van der Waals surface area contributed by atoms with E-state index in [-0.39, 0.29) is 12.5 Å². The molecule has 8 heteroatoms. The minimum Gasteiger partial charge on any atom is -0.497 e. The first-order valence-corrected chi connectivity index (χ1v) is 9.18. The van der Waals surface area contributed by atoms with E-state index in [0.717, 1.165) is 17.6 Å². The zero-order chi connectivity index (χ0) is 17.3. The summed E-state index contributed by atoms with van der Waals surface area (Å²) in [6.07, 6.45) is 1.02. The van der Waals surface area contributed by atoms with Crippen LogP contribution in [0.4, 0.5) is 0 Å². The molecule has 1 aromatic rings. The fraction of sp³-hybridized carbons (Fsp3) is 0.533. The molecule has 0 bridgehead atoms. The zero-order valence-electron chi connectivity index (χ0n) is 13.7. The van der Waals surface area contributed by atoms with Crippen LogP contribution in [-0.4, -0.2) is 46.9 Å². The Balaban J connectivity index is 2.25. The molecule has 7 nitrogen and oxygen atoms in total. The standard InChI is InChI=1S/C15H24N2O5S/c1-12(15(18)16-8-5-9-17-23(3,19)20)22-11-13-6-4-7-14(10-13)21-2/h4,6-7,10,12,17H,5,8-9,11H2,1-3H3,(H,16,18)/t12-/m0/s1. The van der Waals surface area contributed by atoms with E-state index >= 15 is 0 Å². The van der Waals surface area contributed by atoms with Crippen LogP contribution >= 0.6 is 0 Å². The number of ether oxygens (including phenoxy) is 2. The molecule has 0 saturated carbocycles. The highest BCUT2D eigenvalue weighted by molar-refractivity contribution is 7.88. The van der Waals surface area contributed by atoms with Gasteiger partial charge in [0.1, 0.15) is 11.9 Å². The van der Waals surface area contributed by atoms with Gasteiger partial charge in [0.15, 0.2) is 0 Å². The molecule has 0 fully saturated rings. The molecule has 0 aliphatic rings. The third-order valence-electron chi connectivity index (χ3n) is 3.02. The van der Waals surface area contributed by atoms with Gasteiger partial charge in [0, 0.05) is 13.1 Å². The van der Waals surface area contributed by atoms with Crippen LogP contribution in [0.5, 0.6) is 5.75 Å². The molecule has 0 spiro atoms. The van der Waals surface area contributed by atoms with Crippen molar-refractivity contribution in [1.29, 1.82) is 0 Å². The number of hydrogen-bond donors (Lipinski definition) is 2. The van der Waals surface area contributed by atoms with Crippen LogP contribution in [0.25, 0.3) is 0 Å². The van der Waals surface area contributed by atoms with Crippen molar-refractivity contribution in [3.8, 4) is 5.75 Å². The van der Waals surface area contributed by atoms with Crippen molar-refractivity contribution >= 4 is 15.9 Å². The van der Waals surface area contributed by atoms with E-state index < -0.39 is 16.1 Å². The van der Waals surface area contributed by atoms with Gasteiger partial charge in [-0.05, 0) is 31.0 Å². The van der Waals surface area contributed by atoms with Crippen LogP contribution in [0, 0.1) is 0 Å². The Hall–Kier alpha value is -1.64. The Morgan fingerprint density at radius 1 is 1.30 bits per heavy atom. The quantitative estimate of drug-likeness (QED) is 0.608. The highest BCUT2D eigenvalue weighted by Gasteiger charge is 2.13. The Bertz CT molecular complexity index is 604. The highest BCUT2D eigenvalue weighted by atomic mass is 32.2. The third kappa shape index (κ3) is 8.53. The predicted octanol–water partition coefficient (Wildman–Crippen LogP) is 0.656. The SMILES string of the molecule is COc1cccc(CO[C@@H](C)C(=O)NCCCNS(C)(=O)=O)c1. The molecule has 130 valence electrons. The van der Waals surface area contributed by atoms with E-state index in [2.05, 4.69) is 10.0 Å². The monoisotopic (exact) mass is 344 g/mol. The number of carbonyl (C=O) groups excluding carboxylic acids is 1. The van der Waals surface area contributed by atoms with E-state index in [9.17, 15) is 13.2 Å². The number of nitrogens with one attached hydrogen (secondary N) is 2. The number of hydrogen-bond acceptors (Lipinski definition) is 5. The van der Waals surface area contributed by atoms with Crippen molar-refractivity contribution in [2.75, 3.05) is 26.5 Å². The molecule has 0 aromatic heterocycles. The first-order valence-electron chi connectivity index (χ1n) is 7.28. The van der Waals surface area contributed by atoms with E-state index in [4.69, 9.17) is 9.47 Å². The van der Waals surface area contributed by atoms with Gasteiger partial charge in [0.2, 0.25) is 15.9 Å². The molecular formula is C15H24N2O5S. The van der Waals surface area contributed by atoms with Crippen LogP contribution in [0.1, 0.15) is 18.9 Å². The lowest BCUT2D eigenvalue weighted by atomic mass is 10.2. The molecule has 1 amide bonds. The van der Waals surface area contributed by atoms with Crippen molar-refractivity contribution in [1.82, 2.24) is 10.0 Å². The third-order valence-corrected chi connectivity index (χ3v) is 3.75. The molecule has 1 atom stereocenters. The van der Waals surface area contributed by atoms with Gasteiger partial charge in [-0.25, -0.2) is 13.1 Å². The fourth-order valence-electron chi connectivity index (χ4n) is 1.76. The van der Waals surface area contributed by atoms with Crippen molar-refractivity contribution in [2.45, 2.75) is 26.1 Å². The molecule has 0 saturated heterocycles. The number of rotatable bonds is 10. The zero-order valence-corrected chi connectivity index (χ0v) is 14.5. The molecule has 23 heavy (non-hydrogen) atoms. The molecule has 0 aliphatic heterocycles. The summed E-state index contributed by atoms with van der Waals surface area (Å²) in [5.74, 6) is 0.508. The largest absolute Gasteiger partial charge is 0.497 e. The first-order chi connectivity index (χ1) is 10.8. The topological polar surface area (TPSA) is 93.7 Å². The minimum atomic E-state index is -3.18. The van der Waals surface area contributed by atoms with Gasteiger partial charge < -0.3 is 14.8 Å². The average Bonchev–Trinajstić information content (AvgIpc) is 2.51. The van der Waals surface area contributed by atoms with E-state index in [1.807, 2.05) is 24.3 Å². The lowest BCUT2D eigenvalue weighted by Crippen LogP contribution is -2.36. The molecule has 0 unspecified atom stereocenters. The van der Waals surface area contributed by atoms with Crippen LogP contribution in [-0.2, 0) is 26.2 Å². The van der Waals surface area contributed by atoms with Gasteiger partial charge in [-0.15, -0.1) is 0 Å². The van der Waals surface area contributed by atoms with Gasteiger partial charge in [0.05, 0.1) is 20.0 Å². The summed E-state index contributed by atoms with van der Waals surface area (Å²) in [5, 5.41) is 2.70. The van der Waals surface area contributed by atoms with Gasteiger partial charge in [0.25, 0.3) is 0 Å². The van der Waals surface area contributed by atoms with Gasteiger partial charge >= 0.3 is 0 Å². The van der Waals surface area contributed by atoms with Crippen LogP contribution in [0.3, 0.4) is 0 Å². The molecule has 0 radical (unpaired) electrons. The van der Waals surface area contributed by atoms with Gasteiger partial charge in [-0.3, -0.25) is 4.79 Å². The van der Waals surface area contributed by atoms with Gasteiger partial charge in [-0.1, -0.05) is 12.1 Å². The number of sulfonamides is 1. The smallest absolute Gasteiger partial charge is 0.248 e. The number of carbonyl (C=O) groups is 1. The summed E-state index contributed by atoms with van der Waals surface area (Å²) >= 11 is 0. The predicted molar refractivity (Wildman–Crippen MR) is 87.7 cm³/mol. The van der Waals surface area contributed by atoms with Gasteiger partial charge in [-0.2, -0.15) is 0 Å². The summed E-state index contributed by atoms with van der Waals surface area (Å²) in [4.78, 5) is 11.8. The van der Waals surface area contributed by atoms with Crippen molar-refractivity contribution in [2.24, 2.45) is 0 Å². The van der Waals surface area contributed by atoms with E-state index in [0.29, 0.717) is 19.6 Å². The molecular weight excluding hydrogens is 320 g/mol. The molecule has 0 heterocycles. The van der Waals surface area contributed by atoms with E-state index in [1.165, 1.54) is 0 Å². The minimum absolute atomic E-state index is 0.229. The number of benzene rings is 1. The Kier molecular flexibility index (Phi) is 8.01. The highest BCUT2D eigenvalue weighted by Crippen LogP contribution is 2.13.